The molecule has 1 N–H and O–H groups in total. The quantitative estimate of drug-likeness (QED) is 0.917. The van der Waals surface area contributed by atoms with Gasteiger partial charge in [-0.25, -0.2) is 0 Å². The first kappa shape index (κ1) is 13.9. The molecule has 0 amide bonds. The van der Waals surface area contributed by atoms with E-state index >= 15 is 0 Å². The lowest BCUT2D eigenvalue weighted by atomic mass is 9.90. The molecule has 1 aromatic carbocycles. The highest BCUT2D eigenvalue weighted by atomic mass is 16.5. The molecule has 2 heterocycles. The Morgan fingerprint density at radius 1 is 1.25 bits per heavy atom. The van der Waals surface area contributed by atoms with Gasteiger partial charge in [-0.3, -0.25) is 0 Å². The fraction of sp³-hybridized carbons (Fsp3) is 0.647. The Morgan fingerprint density at radius 2 is 2.00 bits per heavy atom. The number of para-hydroxylation sites is 1. The molecular weight excluding hydrogens is 248 g/mol. The monoisotopic (exact) mass is 274 g/mol. The second-order valence-electron chi connectivity index (χ2n) is 6.18. The van der Waals surface area contributed by atoms with Crippen LogP contribution in [0.25, 0.3) is 0 Å². The molecule has 110 valence electrons. The number of fused-ring (bicyclic) bond motifs is 1. The minimum atomic E-state index is 0.443. The number of benzene rings is 1. The first-order valence-electron chi connectivity index (χ1n) is 7.98. The maximum absolute atomic E-state index is 5.84. The number of nitrogens with zero attached hydrogens (tertiary/aromatic N) is 1. The van der Waals surface area contributed by atoms with E-state index in [-0.39, 0.29) is 0 Å². The van der Waals surface area contributed by atoms with Crippen LogP contribution in [-0.2, 0) is 0 Å². The van der Waals surface area contributed by atoms with Crippen LogP contribution < -0.4 is 10.1 Å². The maximum Gasteiger partial charge on any atom is 0.124 e. The average Bonchev–Trinajstić information content (AvgIpc) is 2.51. The summed E-state index contributed by atoms with van der Waals surface area (Å²) in [5.74, 6) is 1.60. The van der Waals surface area contributed by atoms with Crippen LogP contribution in [0.1, 0.15) is 38.3 Å². The Balaban J connectivity index is 1.68. The van der Waals surface area contributed by atoms with Gasteiger partial charge in [0.25, 0.3) is 0 Å². The van der Waals surface area contributed by atoms with Gasteiger partial charge in [0.2, 0.25) is 0 Å². The second-order valence-corrected chi connectivity index (χ2v) is 6.18. The normalized spacial score (nSPS) is 27.9. The lowest BCUT2D eigenvalue weighted by molar-refractivity contribution is 0.153. The van der Waals surface area contributed by atoms with Gasteiger partial charge in [0.1, 0.15) is 5.75 Å². The molecule has 1 aromatic rings. The average molecular weight is 274 g/mol. The van der Waals surface area contributed by atoms with Crippen LogP contribution >= 0.6 is 0 Å². The van der Waals surface area contributed by atoms with Crippen LogP contribution in [-0.4, -0.2) is 37.2 Å². The summed E-state index contributed by atoms with van der Waals surface area (Å²) < 4.78 is 5.84. The van der Waals surface area contributed by atoms with Crippen molar-refractivity contribution < 1.29 is 4.74 Å². The van der Waals surface area contributed by atoms with Crippen molar-refractivity contribution in [2.75, 3.05) is 26.2 Å². The van der Waals surface area contributed by atoms with Gasteiger partial charge in [0, 0.05) is 23.6 Å². The van der Waals surface area contributed by atoms with Crippen LogP contribution in [0.3, 0.4) is 0 Å². The summed E-state index contributed by atoms with van der Waals surface area (Å²) in [6.45, 7) is 9.01. The molecule has 2 aliphatic rings. The van der Waals surface area contributed by atoms with Crippen molar-refractivity contribution in [2.45, 2.75) is 38.8 Å². The fourth-order valence-corrected chi connectivity index (χ4v) is 3.42. The number of hydrogen-bond acceptors (Lipinski definition) is 3. The lowest BCUT2D eigenvalue weighted by Crippen LogP contribution is -2.46. The number of nitrogens with one attached hydrogen (secondary N) is 1. The van der Waals surface area contributed by atoms with E-state index < -0.39 is 0 Å². The number of hydrogen-bond donors (Lipinski definition) is 1. The Bertz CT molecular complexity index is 440. The van der Waals surface area contributed by atoms with E-state index in [0.717, 1.165) is 12.4 Å². The Morgan fingerprint density at radius 3 is 2.75 bits per heavy atom. The highest BCUT2D eigenvalue weighted by molar-refractivity contribution is 5.38. The third-order valence-corrected chi connectivity index (χ3v) is 4.77. The molecular formula is C17H26N2O. The number of likely N-dealkylation sites (tertiary alicyclic amines) is 1. The highest BCUT2D eigenvalue weighted by Crippen LogP contribution is 2.35. The van der Waals surface area contributed by atoms with Gasteiger partial charge in [-0.1, -0.05) is 32.0 Å². The molecule has 0 saturated carbocycles. The summed E-state index contributed by atoms with van der Waals surface area (Å²) in [6, 6.07) is 9.58. The summed E-state index contributed by atoms with van der Waals surface area (Å²) in [5, 5.41) is 3.90. The summed E-state index contributed by atoms with van der Waals surface area (Å²) in [4.78, 5) is 2.54. The molecule has 0 spiro atoms. The van der Waals surface area contributed by atoms with Gasteiger partial charge in [-0.05, 0) is 38.5 Å². The van der Waals surface area contributed by atoms with Gasteiger partial charge < -0.3 is 15.0 Å². The van der Waals surface area contributed by atoms with Gasteiger partial charge >= 0.3 is 0 Å². The molecule has 20 heavy (non-hydrogen) atoms. The van der Waals surface area contributed by atoms with Crippen LogP contribution in [0.5, 0.6) is 5.75 Å². The molecule has 3 rings (SSSR count). The van der Waals surface area contributed by atoms with Crippen molar-refractivity contribution >= 4 is 0 Å². The molecule has 2 atom stereocenters. The van der Waals surface area contributed by atoms with Gasteiger partial charge in [0.15, 0.2) is 0 Å². The van der Waals surface area contributed by atoms with E-state index in [1.807, 2.05) is 0 Å². The molecule has 0 aromatic heterocycles. The van der Waals surface area contributed by atoms with E-state index in [1.54, 1.807) is 0 Å². The molecule has 3 nitrogen and oxygen atoms in total. The lowest BCUT2D eigenvalue weighted by Gasteiger charge is -2.38. The molecule has 0 bridgehead atoms. The summed E-state index contributed by atoms with van der Waals surface area (Å²) >= 11 is 0. The van der Waals surface area contributed by atoms with Crippen LogP contribution in [0.4, 0.5) is 0 Å². The van der Waals surface area contributed by atoms with Gasteiger partial charge in [0.05, 0.1) is 6.61 Å². The zero-order valence-corrected chi connectivity index (χ0v) is 12.6. The van der Waals surface area contributed by atoms with E-state index in [1.165, 1.54) is 38.0 Å². The summed E-state index contributed by atoms with van der Waals surface area (Å²) in [6.07, 6.45) is 2.53. The van der Waals surface area contributed by atoms with E-state index in [0.29, 0.717) is 18.0 Å². The highest BCUT2D eigenvalue weighted by Gasteiger charge is 2.30. The molecule has 2 aliphatic heterocycles. The third kappa shape index (κ3) is 2.84. The van der Waals surface area contributed by atoms with E-state index in [9.17, 15) is 0 Å². The van der Waals surface area contributed by atoms with Crippen molar-refractivity contribution in [3.05, 3.63) is 29.8 Å². The van der Waals surface area contributed by atoms with Crippen molar-refractivity contribution in [1.29, 1.82) is 0 Å². The molecule has 1 saturated heterocycles. The van der Waals surface area contributed by atoms with Crippen molar-refractivity contribution in [1.82, 2.24) is 10.2 Å². The third-order valence-electron chi connectivity index (χ3n) is 4.77. The second kappa shape index (κ2) is 6.15. The van der Waals surface area contributed by atoms with Crippen molar-refractivity contribution in [2.24, 2.45) is 5.92 Å². The molecule has 2 unspecified atom stereocenters. The molecule has 0 aliphatic carbocycles. The van der Waals surface area contributed by atoms with Crippen LogP contribution in [0, 0.1) is 5.92 Å². The van der Waals surface area contributed by atoms with Gasteiger partial charge in [-0.15, -0.1) is 0 Å². The van der Waals surface area contributed by atoms with Crippen molar-refractivity contribution in [3.63, 3.8) is 0 Å². The number of piperidine rings is 1. The maximum atomic E-state index is 5.84. The Kier molecular flexibility index (Phi) is 4.27. The number of ether oxygens (including phenoxy) is 1. The minimum absolute atomic E-state index is 0.443. The number of rotatable bonds is 3. The predicted octanol–water partition coefficient (Wildman–Crippen LogP) is 2.83. The van der Waals surface area contributed by atoms with E-state index in [4.69, 9.17) is 4.74 Å². The first-order valence-corrected chi connectivity index (χ1v) is 7.98. The van der Waals surface area contributed by atoms with Crippen molar-refractivity contribution in [3.8, 4) is 5.75 Å². The zero-order valence-electron chi connectivity index (χ0n) is 12.6. The topological polar surface area (TPSA) is 24.5 Å². The minimum Gasteiger partial charge on any atom is -0.493 e. The van der Waals surface area contributed by atoms with Gasteiger partial charge in [-0.2, -0.15) is 0 Å². The largest absolute Gasteiger partial charge is 0.493 e. The van der Waals surface area contributed by atoms with Crippen LogP contribution in [0.15, 0.2) is 24.3 Å². The predicted molar refractivity (Wildman–Crippen MR) is 82.1 cm³/mol. The Labute approximate surface area is 122 Å². The molecule has 0 radical (unpaired) electrons. The summed E-state index contributed by atoms with van der Waals surface area (Å²) in [5.41, 5.74) is 1.34. The summed E-state index contributed by atoms with van der Waals surface area (Å²) in [7, 11) is 0. The zero-order chi connectivity index (χ0) is 13.9. The smallest absolute Gasteiger partial charge is 0.124 e. The SMILES string of the molecule is CCN1CCC(NC2c3ccccc3OCC2C)CC1. The standard InChI is InChI=1S/C17H26N2O/c1-3-19-10-8-14(9-11-19)18-17-13(2)12-20-16-7-5-4-6-15(16)17/h4-7,13-14,17-18H,3,8-12H2,1-2H3. The first-order chi connectivity index (χ1) is 9.78. The molecule has 1 fully saturated rings. The van der Waals surface area contributed by atoms with E-state index in [2.05, 4.69) is 48.3 Å². The van der Waals surface area contributed by atoms with Crippen LogP contribution in [0.2, 0.25) is 0 Å². The fourth-order valence-electron chi connectivity index (χ4n) is 3.42. The molecule has 3 heteroatoms. The Hall–Kier alpha value is -1.06.